The van der Waals surface area contributed by atoms with E-state index in [1.54, 1.807) is 12.1 Å². The lowest BCUT2D eigenvalue weighted by atomic mass is 9.75. The Morgan fingerprint density at radius 1 is 1.18 bits per heavy atom. The van der Waals surface area contributed by atoms with Crippen molar-refractivity contribution in [3.05, 3.63) is 71.2 Å². The van der Waals surface area contributed by atoms with Gasteiger partial charge in [-0.25, -0.2) is 4.39 Å². The highest BCUT2D eigenvalue weighted by Crippen LogP contribution is 2.37. The van der Waals surface area contributed by atoms with E-state index in [0.29, 0.717) is 36.7 Å². The first-order valence-electron chi connectivity index (χ1n) is 10.6. The Kier molecular flexibility index (Phi) is 5.99. The number of Topliss-reactive ketones (excluding diaryl/α,β-unsaturated/α-hetero) is 1. The van der Waals surface area contributed by atoms with Crippen LogP contribution in [-0.2, 0) is 11.2 Å². The summed E-state index contributed by atoms with van der Waals surface area (Å²) < 4.78 is 13.8. The van der Waals surface area contributed by atoms with Crippen LogP contribution in [0, 0.1) is 17.7 Å². The Bertz CT molecular complexity index is 875. The van der Waals surface area contributed by atoms with Crippen LogP contribution in [0.4, 0.5) is 4.39 Å². The van der Waals surface area contributed by atoms with Gasteiger partial charge in [-0.05, 0) is 61.6 Å². The summed E-state index contributed by atoms with van der Waals surface area (Å²) in [7, 11) is 0. The van der Waals surface area contributed by atoms with Gasteiger partial charge in [0.05, 0.1) is 5.71 Å². The van der Waals surface area contributed by atoms with Gasteiger partial charge in [0.2, 0.25) is 0 Å². The highest BCUT2D eigenvalue weighted by atomic mass is 19.1. The monoisotopic (exact) mass is 383 g/mol. The van der Waals surface area contributed by atoms with Crippen LogP contribution in [0.3, 0.4) is 0 Å². The maximum absolute atomic E-state index is 13.8. The number of rotatable bonds is 6. The molecule has 1 aliphatic heterocycles. The zero-order valence-corrected chi connectivity index (χ0v) is 16.4. The molecule has 4 rings (SSSR count). The zero-order valence-electron chi connectivity index (χ0n) is 16.4. The van der Waals surface area contributed by atoms with Crippen molar-refractivity contribution in [1.29, 1.82) is 0 Å². The molecule has 1 saturated carbocycles. The molecular formula is C25H34FNO. The third-order valence-electron chi connectivity index (χ3n) is 6.31. The molecule has 0 aromatic heterocycles. The van der Waals surface area contributed by atoms with E-state index in [1.165, 1.54) is 22.9 Å². The number of benzene rings is 1. The highest BCUT2D eigenvalue weighted by molar-refractivity contribution is 6.06. The number of aryl methyl sites for hydroxylation is 1. The summed E-state index contributed by atoms with van der Waals surface area (Å²) >= 11 is 0. The minimum atomic E-state index is -0.207. The second-order valence-electron chi connectivity index (χ2n) is 8.29. The molecule has 0 amide bonds. The normalized spacial score (nSPS) is 24.1. The molecule has 2 nitrogen and oxygen atoms in total. The average molecular weight is 384 g/mol. The lowest BCUT2D eigenvalue weighted by Crippen LogP contribution is -2.25. The first-order chi connectivity index (χ1) is 13.7. The van der Waals surface area contributed by atoms with Crippen molar-refractivity contribution in [3.8, 4) is 0 Å². The minimum Gasteiger partial charge on any atom is -0.300 e. The van der Waals surface area contributed by atoms with E-state index < -0.39 is 0 Å². The highest BCUT2D eigenvalue weighted by Gasteiger charge is 2.30. The first-order valence-corrected chi connectivity index (χ1v) is 10.6. The number of carbonyl (C=O) groups is 1. The number of nitrogens with zero attached hydrogens (tertiary/aromatic N) is 1. The molecule has 3 aliphatic rings. The van der Waals surface area contributed by atoms with E-state index in [1.807, 2.05) is 12.3 Å². The molecule has 3 heteroatoms. The summed E-state index contributed by atoms with van der Waals surface area (Å²) in [6.45, 7) is 0. The Balaban J connectivity index is 0.00000160. The van der Waals surface area contributed by atoms with Gasteiger partial charge >= 0.3 is 0 Å². The number of hydrogen-bond acceptors (Lipinski definition) is 2. The van der Waals surface area contributed by atoms with Gasteiger partial charge in [-0.2, -0.15) is 0 Å². The number of hydrogen-bond donors (Lipinski definition) is 0. The minimum absolute atomic E-state index is 0. The van der Waals surface area contributed by atoms with Crippen LogP contribution in [0.25, 0.3) is 0 Å². The lowest BCUT2D eigenvalue weighted by Gasteiger charge is -2.30. The number of allylic oxidation sites excluding steroid dienone is 5. The van der Waals surface area contributed by atoms with Gasteiger partial charge in [0.1, 0.15) is 11.6 Å². The van der Waals surface area contributed by atoms with Crippen molar-refractivity contribution >= 4 is 11.5 Å². The Morgan fingerprint density at radius 3 is 2.93 bits per heavy atom. The number of ketones is 1. The predicted molar refractivity (Wildman–Crippen MR) is 118 cm³/mol. The van der Waals surface area contributed by atoms with Crippen molar-refractivity contribution in [2.24, 2.45) is 16.8 Å². The third-order valence-corrected chi connectivity index (χ3v) is 6.31. The van der Waals surface area contributed by atoms with Gasteiger partial charge in [-0.15, -0.1) is 0 Å². The summed E-state index contributed by atoms with van der Waals surface area (Å²) in [5, 5.41) is 0. The predicted octanol–water partition coefficient (Wildman–Crippen LogP) is 6.88. The van der Waals surface area contributed by atoms with Crippen LogP contribution in [0.1, 0.15) is 61.2 Å². The topological polar surface area (TPSA) is 29.4 Å². The number of aliphatic imine (C=N–C) groups is 1. The Labute approximate surface area is 171 Å². The molecule has 0 N–H and O–H groups in total. The van der Waals surface area contributed by atoms with E-state index in [4.69, 9.17) is 4.99 Å². The third kappa shape index (κ3) is 4.40. The molecule has 1 unspecified atom stereocenters. The van der Waals surface area contributed by atoms with Crippen molar-refractivity contribution in [3.63, 3.8) is 0 Å². The van der Waals surface area contributed by atoms with E-state index >= 15 is 0 Å². The summed E-state index contributed by atoms with van der Waals surface area (Å²) in [5.41, 5.74) is 4.71. The van der Waals surface area contributed by atoms with Gasteiger partial charge < -0.3 is 0 Å². The molecule has 1 fully saturated rings. The van der Waals surface area contributed by atoms with Gasteiger partial charge in [0.25, 0.3) is 0 Å². The molecule has 0 saturated heterocycles. The fourth-order valence-electron chi connectivity index (χ4n) is 4.85. The smallest absolute Gasteiger partial charge is 0.133 e. The molecular weight excluding hydrogens is 349 g/mol. The SMILES string of the molecule is O=C(CCc1ccccc1F)C[C@@H]1CCCC(C2=NC=CCC3=C2C=CC3)C1.[HH].[HH].[HH]. The van der Waals surface area contributed by atoms with Crippen LogP contribution in [0.5, 0.6) is 0 Å². The largest absolute Gasteiger partial charge is 0.300 e. The summed E-state index contributed by atoms with van der Waals surface area (Å²) in [5.74, 6) is 0.934. The quantitative estimate of drug-likeness (QED) is 0.526. The van der Waals surface area contributed by atoms with Crippen LogP contribution in [0.2, 0.25) is 0 Å². The lowest BCUT2D eigenvalue weighted by molar-refractivity contribution is -0.120. The average Bonchev–Trinajstić information content (AvgIpc) is 3.07. The fraction of sp³-hybridized carbons (Fsp3) is 0.440. The molecule has 152 valence electrons. The maximum Gasteiger partial charge on any atom is 0.133 e. The van der Waals surface area contributed by atoms with Crippen molar-refractivity contribution in [2.75, 3.05) is 0 Å². The second-order valence-corrected chi connectivity index (χ2v) is 8.29. The number of carbonyl (C=O) groups excluding carboxylic acids is 1. The number of halogens is 1. The van der Waals surface area contributed by atoms with E-state index in [0.717, 1.165) is 38.5 Å². The standard InChI is InChI=1S/C25H28FNO.3H2/c26-24-12-2-1-7-20(24)13-14-22(28)17-18-6-3-9-21(16-18)25-23-11-4-8-19(23)10-5-15-27-25;;;/h1-2,4-5,7,11-12,15,18,21H,3,6,8-10,13-14,16-17H2;3*1H/t18-,21?;;;/m1.../s1. The summed E-state index contributed by atoms with van der Waals surface area (Å²) in [4.78, 5) is 17.3. The van der Waals surface area contributed by atoms with Crippen molar-refractivity contribution in [2.45, 2.75) is 57.8 Å². The molecule has 1 aromatic rings. The van der Waals surface area contributed by atoms with Crippen LogP contribution in [-0.4, -0.2) is 11.5 Å². The maximum atomic E-state index is 13.8. The Morgan fingerprint density at radius 2 is 2.04 bits per heavy atom. The van der Waals surface area contributed by atoms with Crippen molar-refractivity contribution in [1.82, 2.24) is 0 Å². The van der Waals surface area contributed by atoms with Crippen LogP contribution < -0.4 is 0 Å². The molecule has 0 bridgehead atoms. The molecule has 1 aromatic carbocycles. The zero-order chi connectivity index (χ0) is 19.3. The Hall–Kier alpha value is -2.29. The molecule has 2 atom stereocenters. The second kappa shape index (κ2) is 8.81. The first kappa shape index (κ1) is 19.0. The van der Waals surface area contributed by atoms with Crippen LogP contribution in [0.15, 0.2) is 64.8 Å². The molecule has 0 radical (unpaired) electrons. The van der Waals surface area contributed by atoms with E-state index in [-0.39, 0.29) is 15.9 Å². The molecule has 2 aliphatic carbocycles. The van der Waals surface area contributed by atoms with Gasteiger partial charge in [-0.1, -0.05) is 48.4 Å². The van der Waals surface area contributed by atoms with E-state index in [9.17, 15) is 9.18 Å². The summed E-state index contributed by atoms with van der Waals surface area (Å²) in [6, 6.07) is 6.76. The molecule has 0 spiro atoms. The van der Waals surface area contributed by atoms with E-state index in [2.05, 4.69) is 18.2 Å². The van der Waals surface area contributed by atoms with Gasteiger partial charge in [0, 0.05) is 29.2 Å². The van der Waals surface area contributed by atoms with Crippen LogP contribution >= 0.6 is 0 Å². The molecule has 1 heterocycles. The van der Waals surface area contributed by atoms with Gasteiger partial charge in [-0.3, -0.25) is 9.79 Å². The molecule has 28 heavy (non-hydrogen) atoms. The fourth-order valence-corrected chi connectivity index (χ4v) is 4.85. The van der Waals surface area contributed by atoms with Crippen molar-refractivity contribution < 1.29 is 13.5 Å². The van der Waals surface area contributed by atoms with Gasteiger partial charge in [0.15, 0.2) is 0 Å². The summed E-state index contributed by atoms with van der Waals surface area (Å²) in [6.07, 6.45) is 16.7.